The van der Waals surface area contributed by atoms with E-state index in [2.05, 4.69) is 10.9 Å². The van der Waals surface area contributed by atoms with E-state index in [0.29, 0.717) is 16.3 Å². The normalized spacial score (nSPS) is 17.2. The summed E-state index contributed by atoms with van der Waals surface area (Å²) < 4.78 is 0. The molecule has 3 amide bonds. The number of hydrazine groups is 1. The highest BCUT2D eigenvalue weighted by atomic mass is 35.5. The van der Waals surface area contributed by atoms with Crippen molar-refractivity contribution in [2.24, 2.45) is 0 Å². The minimum Gasteiger partial charge on any atom is -0.287 e. The molecular weight excluding hydrogens is 330 g/mol. The summed E-state index contributed by atoms with van der Waals surface area (Å²) in [6.45, 7) is 0. The fraction of sp³-hybridized carbons (Fsp3) is 0.118. The van der Waals surface area contributed by atoms with Crippen molar-refractivity contribution < 1.29 is 14.4 Å². The van der Waals surface area contributed by atoms with Crippen LogP contribution in [0.5, 0.6) is 0 Å². The number of hydrogen-bond acceptors (Lipinski definition) is 4. The maximum absolute atomic E-state index is 12.5. The molecule has 0 radical (unpaired) electrons. The summed E-state index contributed by atoms with van der Waals surface area (Å²) in [5, 5.41) is 0.313. The number of nitrogens with zero attached hydrogens (tertiary/aromatic N) is 1. The van der Waals surface area contributed by atoms with Gasteiger partial charge >= 0.3 is 0 Å². The van der Waals surface area contributed by atoms with Crippen molar-refractivity contribution >= 4 is 35.0 Å². The first-order chi connectivity index (χ1) is 11.6. The van der Waals surface area contributed by atoms with Crippen LogP contribution in [0, 0.1) is 0 Å². The summed E-state index contributed by atoms with van der Waals surface area (Å²) in [5.74, 6) is -1.21. The van der Waals surface area contributed by atoms with Gasteiger partial charge in [-0.15, -0.1) is 0 Å². The highest BCUT2D eigenvalue weighted by molar-refractivity contribution is 6.36. The predicted molar refractivity (Wildman–Crippen MR) is 89.4 cm³/mol. The van der Waals surface area contributed by atoms with Crippen LogP contribution in [0.1, 0.15) is 16.8 Å². The number of hydrogen-bond donors (Lipinski definition) is 2. The quantitative estimate of drug-likeness (QED) is 0.656. The van der Waals surface area contributed by atoms with Gasteiger partial charge in [-0.05, 0) is 24.3 Å². The molecule has 3 rings (SSSR count). The van der Waals surface area contributed by atoms with Crippen molar-refractivity contribution in [1.82, 2.24) is 10.9 Å². The van der Waals surface area contributed by atoms with Crippen molar-refractivity contribution in [1.29, 1.82) is 0 Å². The van der Waals surface area contributed by atoms with Gasteiger partial charge in [0, 0.05) is 5.56 Å². The van der Waals surface area contributed by atoms with E-state index in [1.807, 2.05) is 0 Å². The van der Waals surface area contributed by atoms with Crippen LogP contribution in [0.15, 0.2) is 54.6 Å². The van der Waals surface area contributed by atoms with Gasteiger partial charge in [0.25, 0.3) is 11.8 Å². The van der Waals surface area contributed by atoms with Crippen LogP contribution < -0.4 is 15.8 Å². The van der Waals surface area contributed by atoms with E-state index in [1.165, 1.54) is 0 Å². The van der Waals surface area contributed by atoms with E-state index in [9.17, 15) is 14.4 Å². The molecule has 7 heteroatoms. The summed E-state index contributed by atoms with van der Waals surface area (Å²) in [7, 11) is 0. The predicted octanol–water partition coefficient (Wildman–Crippen LogP) is 1.91. The summed E-state index contributed by atoms with van der Waals surface area (Å²) in [6.07, 6.45) is -0.0564. The van der Waals surface area contributed by atoms with Gasteiger partial charge in [0.05, 0.1) is 17.1 Å². The topological polar surface area (TPSA) is 78.5 Å². The SMILES string of the molecule is O=C(NNC1CC(=O)N(c2ccccc2Cl)C1=O)c1ccccc1. The Kier molecular flexibility index (Phi) is 4.59. The van der Waals surface area contributed by atoms with E-state index >= 15 is 0 Å². The molecule has 24 heavy (non-hydrogen) atoms. The summed E-state index contributed by atoms with van der Waals surface area (Å²) in [4.78, 5) is 37.6. The van der Waals surface area contributed by atoms with Crippen molar-refractivity contribution in [3.8, 4) is 0 Å². The minimum absolute atomic E-state index is 0.0564. The maximum Gasteiger partial charge on any atom is 0.265 e. The van der Waals surface area contributed by atoms with Gasteiger partial charge in [-0.1, -0.05) is 41.9 Å². The fourth-order valence-corrected chi connectivity index (χ4v) is 2.67. The number of nitrogens with one attached hydrogen (secondary N) is 2. The second kappa shape index (κ2) is 6.82. The Morgan fingerprint density at radius 1 is 1.04 bits per heavy atom. The molecule has 1 atom stereocenters. The lowest BCUT2D eigenvalue weighted by atomic mass is 10.2. The molecule has 2 N–H and O–H groups in total. The lowest BCUT2D eigenvalue weighted by Gasteiger charge is -2.17. The molecule has 0 bridgehead atoms. The molecule has 0 spiro atoms. The monoisotopic (exact) mass is 343 g/mol. The van der Waals surface area contributed by atoms with Crippen LogP contribution in [0.25, 0.3) is 0 Å². The molecule has 6 nitrogen and oxygen atoms in total. The molecule has 2 aromatic rings. The number of halogens is 1. The van der Waals surface area contributed by atoms with Crippen molar-refractivity contribution in [3.05, 3.63) is 65.2 Å². The number of imide groups is 1. The molecule has 1 fully saturated rings. The van der Waals surface area contributed by atoms with Gasteiger partial charge < -0.3 is 0 Å². The third-order valence-electron chi connectivity index (χ3n) is 3.64. The number of benzene rings is 2. The molecule has 2 aromatic carbocycles. The van der Waals surface area contributed by atoms with Gasteiger partial charge in [0.15, 0.2) is 0 Å². The number of carbonyl (C=O) groups excluding carboxylic acids is 3. The third-order valence-corrected chi connectivity index (χ3v) is 3.96. The molecule has 1 unspecified atom stereocenters. The molecule has 1 heterocycles. The molecule has 1 saturated heterocycles. The summed E-state index contributed by atoms with van der Waals surface area (Å²) in [6, 6.07) is 14.3. The number of amides is 3. The van der Waals surface area contributed by atoms with Gasteiger partial charge in [-0.3, -0.25) is 19.8 Å². The number of carbonyl (C=O) groups is 3. The van der Waals surface area contributed by atoms with E-state index < -0.39 is 11.9 Å². The van der Waals surface area contributed by atoms with E-state index in [-0.39, 0.29) is 18.2 Å². The van der Waals surface area contributed by atoms with Gasteiger partial charge in [-0.25, -0.2) is 10.3 Å². The van der Waals surface area contributed by atoms with Crippen LogP contribution in [0.3, 0.4) is 0 Å². The van der Waals surface area contributed by atoms with E-state index in [0.717, 1.165) is 4.90 Å². The van der Waals surface area contributed by atoms with Crippen LogP contribution >= 0.6 is 11.6 Å². The lowest BCUT2D eigenvalue weighted by Crippen LogP contribution is -2.48. The first-order valence-corrected chi connectivity index (χ1v) is 7.68. The molecule has 0 aromatic heterocycles. The van der Waals surface area contributed by atoms with Crippen LogP contribution in [0.2, 0.25) is 5.02 Å². The Morgan fingerprint density at radius 2 is 1.71 bits per heavy atom. The average Bonchev–Trinajstić information content (AvgIpc) is 2.88. The number of rotatable bonds is 4. The smallest absolute Gasteiger partial charge is 0.265 e. The Hall–Kier alpha value is -2.70. The summed E-state index contributed by atoms with van der Waals surface area (Å²) >= 11 is 6.05. The third kappa shape index (κ3) is 3.15. The molecular formula is C17H14ClN3O3. The van der Waals surface area contributed by atoms with Crippen molar-refractivity contribution in [2.75, 3.05) is 4.90 Å². The minimum atomic E-state index is -0.832. The number of anilines is 1. The van der Waals surface area contributed by atoms with Gasteiger partial charge in [0.1, 0.15) is 6.04 Å². The standard InChI is InChI=1S/C17H14ClN3O3/c18-12-8-4-5-9-14(12)21-15(22)10-13(17(21)24)19-20-16(23)11-6-2-1-3-7-11/h1-9,13,19H,10H2,(H,20,23). The second-order valence-corrected chi connectivity index (χ2v) is 5.65. The first-order valence-electron chi connectivity index (χ1n) is 7.30. The van der Waals surface area contributed by atoms with Crippen molar-refractivity contribution in [3.63, 3.8) is 0 Å². The number of para-hydroxylation sites is 1. The van der Waals surface area contributed by atoms with Crippen LogP contribution in [0.4, 0.5) is 5.69 Å². The Bertz CT molecular complexity index is 795. The molecule has 122 valence electrons. The molecule has 0 aliphatic carbocycles. The summed E-state index contributed by atoms with van der Waals surface area (Å²) in [5.41, 5.74) is 5.87. The van der Waals surface area contributed by atoms with Crippen LogP contribution in [-0.4, -0.2) is 23.8 Å². The highest BCUT2D eigenvalue weighted by Crippen LogP contribution is 2.29. The van der Waals surface area contributed by atoms with Crippen molar-refractivity contribution in [2.45, 2.75) is 12.5 Å². The zero-order valence-corrected chi connectivity index (χ0v) is 13.3. The first kappa shape index (κ1) is 16.2. The Labute approximate surface area is 143 Å². The molecule has 1 aliphatic heterocycles. The molecule has 1 aliphatic rings. The average molecular weight is 344 g/mol. The maximum atomic E-state index is 12.5. The zero-order chi connectivity index (χ0) is 17.1. The Morgan fingerprint density at radius 3 is 2.42 bits per heavy atom. The van der Waals surface area contributed by atoms with E-state index in [1.54, 1.807) is 54.6 Å². The van der Waals surface area contributed by atoms with Gasteiger partial charge in [-0.2, -0.15) is 0 Å². The second-order valence-electron chi connectivity index (χ2n) is 5.24. The Balaban J connectivity index is 1.69. The highest BCUT2D eigenvalue weighted by Gasteiger charge is 2.40. The fourth-order valence-electron chi connectivity index (χ4n) is 2.45. The van der Waals surface area contributed by atoms with E-state index in [4.69, 9.17) is 11.6 Å². The zero-order valence-electron chi connectivity index (χ0n) is 12.5. The van der Waals surface area contributed by atoms with Gasteiger partial charge in [0.2, 0.25) is 5.91 Å². The largest absolute Gasteiger partial charge is 0.287 e. The lowest BCUT2D eigenvalue weighted by molar-refractivity contribution is -0.121. The molecule has 0 saturated carbocycles. The van der Waals surface area contributed by atoms with Crippen LogP contribution in [-0.2, 0) is 9.59 Å².